The van der Waals surface area contributed by atoms with E-state index in [1.807, 2.05) is 52.8 Å². The Balaban J connectivity index is 1.51. The van der Waals surface area contributed by atoms with Crippen molar-refractivity contribution in [3.63, 3.8) is 0 Å². The van der Waals surface area contributed by atoms with Crippen LogP contribution in [-0.2, 0) is 19.1 Å². The fraction of sp³-hybridized carbons (Fsp3) is 0.516. The molecule has 2 bridgehead atoms. The average molecular weight is 550 g/mol. The number of hydrogen-bond donors (Lipinski definition) is 3. The Labute approximate surface area is 235 Å². The number of carbonyl (C=O) groups excluding carboxylic acids is 3. The van der Waals surface area contributed by atoms with Crippen molar-refractivity contribution in [2.24, 2.45) is 17.8 Å². The summed E-state index contributed by atoms with van der Waals surface area (Å²) in [5, 5.41) is 16.1. The minimum Gasteiger partial charge on any atom is -0.494 e. The normalized spacial score (nSPS) is 31.2. The number of ether oxygens (including phenoxy) is 2. The Morgan fingerprint density at radius 1 is 1.15 bits per heavy atom. The van der Waals surface area contributed by atoms with E-state index < -0.39 is 35.1 Å². The van der Waals surface area contributed by atoms with Crippen LogP contribution < -0.4 is 15.4 Å². The minimum absolute atomic E-state index is 0.0898. The van der Waals surface area contributed by atoms with Crippen molar-refractivity contribution < 1.29 is 29.0 Å². The first kappa shape index (κ1) is 28.1. The summed E-state index contributed by atoms with van der Waals surface area (Å²) in [6.45, 7) is 11.6. The summed E-state index contributed by atoms with van der Waals surface area (Å²) in [6.07, 6.45) is 0.451. The lowest BCUT2D eigenvalue weighted by Crippen LogP contribution is -2.56. The van der Waals surface area contributed by atoms with Gasteiger partial charge in [-0.1, -0.05) is 19.1 Å². The highest BCUT2D eigenvalue weighted by Crippen LogP contribution is 2.65. The van der Waals surface area contributed by atoms with Gasteiger partial charge in [-0.15, -0.1) is 0 Å². The third kappa shape index (κ3) is 4.27. The number of amides is 3. The summed E-state index contributed by atoms with van der Waals surface area (Å²) >= 11 is 0. The first-order valence-electron chi connectivity index (χ1n) is 14.0. The van der Waals surface area contributed by atoms with Crippen LogP contribution in [0.4, 0.5) is 11.4 Å². The first-order chi connectivity index (χ1) is 19.0. The second-order valence-corrected chi connectivity index (χ2v) is 11.7. The van der Waals surface area contributed by atoms with E-state index in [0.29, 0.717) is 30.2 Å². The van der Waals surface area contributed by atoms with Gasteiger partial charge in [0.1, 0.15) is 17.4 Å². The topological polar surface area (TPSA) is 117 Å². The van der Waals surface area contributed by atoms with Gasteiger partial charge < -0.3 is 30.1 Å². The standard InChI is InChI=1S/C31H39N3O6/c1-7-39-22-12-10-21(11-13-22)32-27(36)24-25-29(38)34(20(5)16-35)26(31(25)15-19(4)30(24,6)40-31)28(37)33-23-14-17(2)8-9-18(23)3/h8-14,19-20,24-26,35H,7,15-16H2,1-6H3,(H,32,36)(H,33,37)/t19?,20-,24+,25+,26?,30-,31?/m1/s1. The van der Waals surface area contributed by atoms with Gasteiger partial charge in [0.15, 0.2) is 0 Å². The quantitative estimate of drug-likeness (QED) is 0.463. The van der Waals surface area contributed by atoms with Crippen LogP contribution in [0.1, 0.15) is 45.2 Å². The van der Waals surface area contributed by atoms with Gasteiger partial charge in [-0.25, -0.2) is 0 Å². The molecule has 7 atom stereocenters. The van der Waals surface area contributed by atoms with E-state index in [0.717, 1.165) is 11.1 Å². The molecule has 3 aliphatic heterocycles. The Hall–Kier alpha value is -3.43. The molecule has 0 saturated carbocycles. The van der Waals surface area contributed by atoms with E-state index in [2.05, 4.69) is 10.6 Å². The molecule has 2 aromatic carbocycles. The van der Waals surface area contributed by atoms with Gasteiger partial charge in [0, 0.05) is 11.4 Å². The Kier molecular flexibility index (Phi) is 7.17. The number of aliphatic hydroxyl groups excluding tert-OH is 1. The molecule has 3 fully saturated rings. The van der Waals surface area contributed by atoms with Crippen molar-refractivity contribution in [3.8, 4) is 5.75 Å². The lowest BCUT2D eigenvalue weighted by molar-refractivity contribution is -0.147. The van der Waals surface area contributed by atoms with Gasteiger partial charge in [-0.05, 0) is 88.4 Å². The summed E-state index contributed by atoms with van der Waals surface area (Å²) < 4.78 is 12.2. The van der Waals surface area contributed by atoms with Crippen molar-refractivity contribution in [1.29, 1.82) is 0 Å². The lowest BCUT2D eigenvalue weighted by Gasteiger charge is -2.36. The number of hydrogen-bond acceptors (Lipinski definition) is 6. The molecule has 1 spiro atoms. The van der Waals surface area contributed by atoms with E-state index in [-0.39, 0.29) is 30.2 Å². The fourth-order valence-corrected chi connectivity index (χ4v) is 7.03. The number of likely N-dealkylation sites (tertiary alicyclic amines) is 1. The number of anilines is 2. The summed E-state index contributed by atoms with van der Waals surface area (Å²) in [4.78, 5) is 43.6. The van der Waals surface area contributed by atoms with Crippen molar-refractivity contribution >= 4 is 29.1 Å². The summed E-state index contributed by atoms with van der Waals surface area (Å²) in [5.41, 5.74) is 0.982. The van der Waals surface area contributed by atoms with Gasteiger partial charge >= 0.3 is 0 Å². The molecule has 40 heavy (non-hydrogen) atoms. The monoisotopic (exact) mass is 549 g/mol. The number of aryl methyl sites for hydroxylation is 2. The number of rotatable bonds is 8. The first-order valence-corrected chi connectivity index (χ1v) is 14.0. The molecule has 3 N–H and O–H groups in total. The smallest absolute Gasteiger partial charge is 0.250 e. The maximum absolute atomic E-state index is 14.2. The molecule has 3 amide bonds. The summed E-state index contributed by atoms with van der Waals surface area (Å²) in [5.74, 6) is -2.12. The molecule has 3 aliphatic rings. The largest absolute Gasteiger partial charge is 0.494 e. The third-order valence-electron chi connectivity index (χ3n) is 9.11. The third-order valence-corrected chi connectivity index (χ3v) is 9.11. The molecule has 214 valence electrons. The van der Waals surface area contributed by atoms with Crippen LogP contribution in [0.25, 0.3) is 0 Å². The van der Waals surface area contributed by atoms with Crippen molar-refractivity contribution in [1.82, 2.24) is 4.90 Å². The second-order valence-electron chi connectivity index (χ2n) is 11.7. The molecule has 2 aromatic rings. The van der Waals surface area contributed by atoms with Gasteiger partial charge in [0.2, 0.25) is 17.7 Å². The summed E-state index contributed by atoms with van der Waals surface area (Å²) in [6, 6.07) is 11.2. The molecule has 0 aromatic heterocycles. The van der Waals surface area contributed by atoms with Gasteiger partial charge in [0.25, 0.3) is 0 Å². The zero-order chi connectivity index (χ0) is 29.0. The number of fused-ring (bicyclic) bond motifs is 1. The van der Waals surface area contributed by atoms with Crippen LogP contribution >= 0.6 is 0 Å². The van der Waals surface area contributed by atoms with E-state index in [1.54, 1.807) is 31.2 Å². The van der Waals surface area contributed by atoms with Crippen molar-refractivity contribution in [3.05, 3.63) is 53.6 Å². The molecule has 0 aliphatic carbocycles. The zero-order valence-electron chi connectivity index (χ0n) is 24.0. The van der Waals surface area contributed by atoms with Crippen molar-refractivity contribution in [2.45, 2.75) is 71.2 Å². The predicted octanol–water partition coefficient (Wildman–Crippen LogP) is 3.67. The maximum Gasteiger partial charge on any atom is 0.250 e. The van der Waals surface area contributed by atoms with E-state index in [1.165, 1.54) is 4.90 Å². The Morgan fingerprint density at radius 2 is 1.85 bits per heavy atom. The molecular formula is C31H39N3O6. The molecule has 3 heterocycles. The summed E-state index contributed by atoms with van der Waals surface area (Å²) in [7, 11) is 0. The highest BCUT2D eigenvalue weighted by molar-refractivity contribution is 6.05. The minimum atomic E-state index is -1.20. The van der Waals surface area contributed by atoms with Gasteiger partial charge in [-0.3, -0.25) is 14.4 Å². The number of nitrogens with zero attached hydrogens (tertiary/aromatic N) is 1. The Morgan fingerprint density at radius 3 is 2.50 bits per heavy atom. The Bertz CT molecular complexity index is 1330. The predicted molar refractivity (Wildman–Crippen MR) is 151 cm³/mol. The molecule has 3 unspecified atom stereocenters. The fourth-order valence-electron chi connectivity index (χ4n) is 7.03. The zero-order valence-corrected chi connectivity index (χ0v) is 24.0. The average Bonchev–Trinajstić information content (AvgIpc) is 3.43. The van der Waals surface area contributed by atoms with E-state index in [9.17, 15) is 19.5 Å². The highest BCUT2D eigenvalue weighted by atomic mass is 16.5. The number of nitrogens with one attached hydrogen (secondary N) is 2. The van der Waals surface area contributed by atoms with Crippen LogP contribution in [0.3, 0.4) is 0 Å². The number of aliphatic hydroxyl groups is 1. The maximum atomic E-state index is 14.2. The lowest BCUT2D eigenvalue weighted by atomic mass is 9.62. The molecular weight excluding hydrogens is 510 g/mol. The van der Waals surface area contributed by atoms with Crippen LogP contribution in [-0.4, -0.2) is 64.2 Å². The van der Waals surface area contributed by atoms with Crippen LogP contribution in [0.15, 0.2) is 42.5 Å². The molecule has 3 saturated heterocycles. The van der Waals surface area contributed by atoms with Crippen molar-refractivity contribution in [2.75, 3.05) is 23.8 Å². The number of carbonyl (C=O) groups is 3. The molecule has 9 heteroatoms. The van der Waals surface area contributed by atoms with Crippen LogP contribution in [0.2, 0.25) is 0 Å². The van der Waals surface area contributed by atoms with E-state index in [4.69, 9.17) is 9.47 Å². The number of benzene rings is 2. The van der Waals surface area contributed by atoms with Gasteiger partial charge in [0.05, 0.1) is 36.7 Å². The van der Waals surface area contributed by atoms with Crippen LogP contribution in [0, 0.1) is 31.6 Å². The second kappa shape index (κ2) is 10.2. The molecule has 9 nitrogen and oxygen atoms in total. The van der Waals surface area contributed by atoms with E-state index >= 15 is 0 Å². The molecule has 5 rings (SSSR count). The van der Waals surface area contributed by atoms with Gasteiger partial charge in [-0.2, -0.15) is 0 Å². The highest BCUT2D eigenvalue weighted by Gasteiger charge is 2.80. The van der Waals surface area contributed by atoms with Crippen LogP contribution in [0.5, 0.6) is 5.75 Å². The molecule has 0 radical (unpaired) electrons. The SMILES string of the molecule is CCOc1ccc(NC(=O)[C@@H]2[C@H]3C(=O)N([C@H](C)CO)C(C(=O)Nc4cc(C)ccc4C)C34CC(C)[C@@]2(C)O4)cc1.